The molecule has 0 saturated heterocycles. The van der Waals surface area contributed by atoms with E-state index < -0.39 is 0 Å². The highest BCUT2D eigenvalue weighted by molar-refractivity contribution is 7.99. The van der Waals surface area contributed by atoms with Gasteiger partial charge in [-0.15, -0.1) is 11.8 Å². The van der Waals surface area contributed by atoms with Gasteiger partial charge in [-0.3, -0.25) is 4.79 Å². The average molecular weight is 423 g/mol. The van der Waals surface area contributed by atoms with Crippen molar-refractivity contribution >= 4 is 17.7 Å². The second-order valence-electron chi connectivity index (χ2n) is 10.1. The largest absolute Gasteiger partial charge is 0.507 e. The number of phenols is 1. The average Bonchev–Trinajstić information content (AvgIpc) is 2.61. The van der Waals surface area contributed by atoms with Gasteiger partial charge < -0.3 is 9.84 Å². The minimum atomic E-state index is -0.142. The molecule has 0 heterocycles. The van der Waals surface area contributed by atoms with Crippen LogP contribution in [0, 0.1) is 5.92 Å². The van der Waals surface area contributed by atoms with Crippen molar-refractivity contribution in [2.45, 2.75) is 97.7 Å². The van der Waals surface area contributed by atoms with Gasteiger partial charge in [0.1, 0.15) is 5.75 Å². The molecule has 0 aromatic heterocycles. The number of benzene rings is 1. The number of carbonyl (C=O) groups excluding carboxylic acids is 1. The maximum absolute atomic E-state index is 12.2. The number of thioether (sulfide) groups is 1. The third kappa shape index (κ3) is 8.62. The van der Waals surface area contributed by atoms with Gasteiger partial charge in [-0.05, 0) is 39.9 Å². The van der Waals surface area contributed by atoms with Gasteiger partial charge in [0.25, 0.3) is 0 Å². The van der Waals surface area contributed by atoms with Crippen molar-refractivity contribution in [1.29, 1.82) is 0 Å². The molecule has 0 aliphatic rings. The van der Waals surface area contributed by atoms with Crippen LogP contribution in [-0.2, 0) is 26.1 Å². The summed E-state index contributed by atoms with van der Waals surface area (Å²) < 4.78 is 5.51. The number of esters is 1. The third-order valence-electron chi connectivity index (χ3n) is 5.30. The fourth-order valence-electron chi connectivity index (χ4n) is 3.32. The van der Waals surface area contributed by atoms with E-state index in [0.717, 1.165) is 35.3 Å². The maximum atomic E-state index is 12.2. The van der Waals surface area contributed by atoms with E-state index in [4.69, 9.17) is 4.74 Å². The van der Waals surface area contributed by atoms with Crippen LogP contribution in [0.1, 0.15) is 97.8 Å². The Morgan fingerprint density at radius 3 is 2.07 bits per heavy atom. The molecule has 1 unspecified atom stereocenters. The number of carbonyl (C=O) groups is 1. The minimum absolute atomic E-state index is 0.129. The quantitative estimate of drug-likeness (QED) is 0.413. The fourth-order valence-corrected chi connectivity index (χ4v) is 4.08. The topological polar surface area (TPSA) is 46.5 Å². The Hall–Kier alpha value is -1.16. The Labute approximate surface area is 183 Å². The smallest absolute Gasteiger partial charge is 0.315 e. The molecule has 0 aliphatic heterocycles. The van der Waals surface area contributed by atoms with Crippen molar-refractivity contribution < 1.29 is 14.6 Å². The summed E-state index contributed by atoms with van der Waals surface area (Å²) in [5.41, 5.74) is 2.79. The van der Waals surface area contributed by atoms with Crippen LogP contribution in [0.4, 0.5) is 0 Å². The van der Waals surface area contributed by atoms with E-state index in [0.29, 0.717) is 24.0 Å². The molecule has 0 spiro atoms. The van der Waals surface area contributed by atoms with E-state index in [1.807, 2.05) is 0 Å². The van der Waals surface area contributed by atoms with E-state index in [-0.39, 0.29) is 16.8 Å². The van der Waals surface area contributed by atoms with Gasteiger partial charge in [0.15, 0.2) is 0 Å². The summed E-state index contributed by atoms with van der Waals surface area (Å²) in [6, 6.07) is 4.17. The lowest BCUT2D eigenvalue weighted by molar-refractivity contribution is -0.141. The summed E-state index contributed by atoms with van der Waals surface area (Å²) in [6.07, 6.45) is 4.56. The van der Waals surface area contributed by atoms with E-state index in [1.165, 1.54) is 12.8 Å². The van der Waals surface area contributed by atoms with Gasteiger partial charge in [-0.25, -0.2) is 0 Å². The van der Waals surface area contributed by atoms with Crippen LogP contribution in [0.2, 0.25) is 0 Å². The lowest BCUT2D eigenvalue weighted by atomic mass is 9.78. The van der Waals surface area contributed by atoms with Crippen LogP contribution in [0.3, 0.4) is 0 Å². The summed E-state index contributed by atoms with van der Waals surface area (Å²) in [5, 5.41) is 10.8. The number of unbranched alkanes of at least 4 members (excludes halogenated alkanes) is 1. The van der Waals surface area contributed by atoms with Crippen molar-refractivity contribution in [1.82, 2.24) is 0 Å². The van der Waals surface area contributed by atoms with Crippen LogP contribution in [-0.4, -0.2) is 23.4 Å². The molecule has 29 heavy (non-hydrogen) atoms. The lowest BCUT2D eigenvalue weighted by Gasteiger charge is -2.28. The molecule has 0 radical (unpaired) electrons. The molecule has 0 amide bonds. The summed E-state index contributed by atoms with van der Waals surface area (Å²) >= 11 is 1.58. The first-order valence-electron chi connectivity index (χ1n) is 11.0. The second-order valence-corrected chi connectivity index (χ2v) is 11.1. The van der Waals surface area contributed by atoms with Gasteiger partial charge in [0, 0.05) is 5.75 Å². The van der Waals surface area contributed by atoms with Crippen molar-refractivity contribution in [3.8, 4) is 5.75 Å². The monoisotopic (exact) mass is 422 g/mol. The normalized spacial score (nSPS) is 13.4. The Kier molecular flexibility index (Phi) is 10.1. The van der Waals surface area contributed by atoms with E-state index in [1.54, 1.807) is 11.8 Å². The van der Waals surface area contributed by atoms with E-state index in [9.17, 15) is 9.90 Å². The fraction of sp³-hybridized carbons (Fsp3) is 0.720. The van der Waals surface area contributed by atoms with Crippen molar-refractivity contribution in [3.05, 3.63) is 28.8 Å². The van der Waals surface area contributed by atoms with Crippen LogP contribution in [0.15, 0.2) is 12.1 Å². The highest BCUT2D eigenvalue weighted by Crippen LogP contribution is 2.40. The number of hydrogen-bond donors (Lipinski definition) is 1. The predicted octanol–water partition coefficient (Wildman–Crippen LogP) is 6.98. The molecule has 0 saturated carbocycles. The Balaban J connectivity index is 2.73. The number of aromatic hydroxyl groups is 1. The second kappa shape index (κ2) is 11.3. The highest BCUT2D eigenvalue weighted by Gasteiger charge is 2.26. The predicted molar refractivity (Wildman–Crippen MR) is 126 cm³/mol. The third-order valence-corrected chi connectivity index (χ3v) is 6.27. The molecule has 1 atom stereocenters. The van der Waals surface area contributed by atoms with Gasteiger partial charge >= 0.3 is 5.97 Å². The molecular formula is C25H42O3S. The first kappa shape index (κ1) is 25.9. The van der Waals surface area contributed by atoms with Crippen LogP contribution in [0.25, 0.3) is 0 Å². The van der Waals surface area contributed by atoms with Crippen molar-refractivity contribution in [3.63, 3.8) is 0 Å². The van der Waals surface area contributed by atoms with Gasteiger partial charge in [0.2, 0.25) is 0 Å². The molecule has 1 aromatic rings. The van der Waals surface area contributed by atoms with E-state index >= 15 is 0 Å². The van der Waals surface area contributed by atoms with Gasteiger partial charge in [-0.1, -0.05) is 86.8 Å². The molecular weight excluding hydrogens is 380 g/mol. The zero-order valence-corrected chi connectivity index (χ0v) is 20.7. The lowest BCUT2D eigenvalue weighted by Crippen LogP contribution is -2.18. The molecule has 1 aromatic carbocycles. The van der Waals surface area contributed by atoms with Crippen LogP contribution in [0.5, 0.6) is 5.75 Å². The summed E-state index contributed by atoms with van der Waals surface area (Å²) in [4.78, 5) is 12.2. The Morgan fingerprint density at radius 1 is 1.07 bits per heavy atom. The van der Waals surface area contributed by atoms with Gasteiger partial charge in [-0.2, -0.15) is 0 Å². The summed E-state index contributed by atoms with van der Waals surface area (Å²) in [6.45, 7) is 17.6. The molecule has 0 fully saturated rings. The Morgan fingerprint density at radius 2 is 1.62 bits per heavy atom. The standard InChI is InChI=1S/C25H42O3S/c1-9-11-12-18(10-2)15-28-22(26)17-29-16-19-13-20(24(3,4)5)23(27)21(14-19)25(6,7)8/h13-14,18,27H,9-12,15-17H2,1-8H3. The first-order chi connectivity index (χ1) is 13.4. The van der Waals surface area contributed by atoms with Gasteiger partial charge in [0.05, 0.1) is 12.4 Å². The van der Waals surface area contributed by atoms with Crippen molar-refractivity contribution in [2.24, 2.45) is 5.92 Å². The Bertz CT molecular complexity index is 618. The zero-order chi connectivity index (χ0) is 22.2. The summed E-state index contributed by atoms with van der Waals surface area (Å²) in [7, 11) is 0. The molecule has 1 N–H and O–H groups in total. The number of hydrogen-bond acceptors (Lipinski definition) is 4. The number of ether oxygens (including phenoxy) is 1. The molecule has 1 rings (SSSR count). The molecule has 4 heteroatoms. The minimum Gasteiger partial charge on any atom is -0.507 e. The maximum Gasteiger partial charge on any atom is 0.315 e. The van der Waals surface area contributed by atoms with Crippen LogP contribution >= 0.6 is 11.8 Å². The first-order valence-corrected chi connectivity index (χ1v) is 12.2. The number of rotatable bonds is 10. The molecule has 3 nitrogen and oxygen atoms in total. The molecule has 0 aliphatic carbocycles. The molecule has 166 valence electrons. The summed E-state index contributed by atoms with van der Waals surface area (Å²) in [5.74, 6) is 1.84. The SMILES string of the molecule is CCCCC(CC)COC(=O)CSCc1cc(C(C)(C)C)c(O)c(C(C)(C)C)c1. The van der Waals surface area contributed by atoms with Crippen molar-refractivity contribution in [2.75, 3.05) is 12.4 Å². The highest BCUT2D eigenvalue weighted by atomic mass is 32.2. The molecule has 0 bridgehead atoms. The van der Waals surface area contributed by atoms with E-state index in [2.05, 4.69) is 67.5 Å². The van der Waals surface area contributed by atoms with Crippen LogP contribution < -0.4 is 0 Å². The number of phenolic OH excluding ortho intramolecular Hbond substituents is 1. The zero-order valence-electron chi connectivity index (χ0n) is 19.9.